The number of aryl methyl sites for hydroxylation is 1. The summed E-state index contributed by atoms with van der Waals surface area (Å²) in [4.78, 5) is 14.6. The minimum Gasteiger partial charge on any atom is -0.341 e. The van der Waals surface area contributed by atoms with Crippen molar-refractivity contribution in [3.8, 4) is 0 Å². The van der Waals surface area contributed by atoms with Crippen LogP contribution in [0.15, 0.2) is 35.7 Å². The highest BCUT2D eigenvalue weighted by molar-refractivity contribution is 7.09. The van der Waals surface area contributed by atoms with Gasteiger partial charge in [-0.15, -0.1) is 11.3 Å². The first kappa shape index (κ1) is 14.7. The molecule has 106 valence electrons. The number of amides is 1. The van der Waals surface area contributed by atoms with Crippen molar-refractivity contribution in [1.29, 1.82) is 0 Å². The van der Waals surface area contributed by atoms with Crippen LogP contribution in [0.3, 0.4) is 0 Å². The molecule has 0 atom stereocenters. The van der Waals surface area contributed by atoms with E-state index in [1.165, 1.54) is 17.0 Å². The van der Waals surface area contributed by atoms with Gasteiger partial charge >= 0.3 is 0 Å². The van der Waals surface area contributed by atoms with Crippen LogP contribution in [0.4, 0.5) is 8.78 Å². The quantitative estimate of drug-likeness (QED) is 0.825. The van der Waals surface area contributed by atoms with Gasteiger partial charge < -0.3 is 4.90 Å². The summed E-state index contributed by atoms with van der Waals surface area (Å²) in [6.45, 7) is 0.148. The normalized spacial score (nSPS) is 10.6. The van der Waals surface area contributed by atoms with Gasteiger partial charge in [-0.1, -0.05) is 12.1 Å². The van der Waals surface area contributed by atoms with Crippen molar-refractivity contribution in [1.82, 2.24) is 4.90 Å². The Kier molecular flexibility index (Phi) is 4.84. The largest absolute Gasteiger partial charge is 0.341 e. The van der Waals surface area contributed by atoms with Crippen LogP contribution in [0.25, 0.3) is 0 Å². The minimum absolute atomic E-state index is 0.0536. The molecule has 5 heteroatoms. The molecule has 0 unspecified atom stereocenters. The molecule has 0 N–H and O–H groups in total. The maximum atomic E-state index is 13.5. The highest BCUT2D eigenvalue weighted by Crippen LogP contribution is 2.14. The molecule has 1 aromatic carbocycles. The molecule has 1 heterocycles. The molecule has 0 aliphatic heterocycles. The second kappa shape index (κ2) is 6.61. The Morgan fingerprint density at radius 2 is 2.10 bits per heavy atom. The Labute approximate surface area is 120 Å². The molecule has 1 amide bonds. The molecule has 0 bridgehead atoms. The van der Waals surface area contributed by atoms with Gasteiger partial charge in [0.1, 0.15) is 11.6 Å². The fraction of sp³-hybridized carbons (Fsp3) is 0.267. The zero-order valence-corrected chi connectivity index (χ0v) is 11.9. The molecule has 0 spiro atoms. The average molecular weight is 295 g/mol. The number of halogens is 2. The number of hydrogen-bond donors (Lipinski definition) is 0. The van der Waals surface area contributed by atoms with E-state index in [0.717, 1.165) is 10.9 Å². The summed E-state index contributed by atoms with van der Waals surface area (Å²) in [6, 6.07) is 7.33. The van der Waals surface area contributed by atoms with Gasteiger partial charge in [-0.25, -0.2) is 8.78 Å². The molecule has 2 nitrogen and oxygen atoms in total. The Hall–Kier alpha value is -1.75. The molecule has 2 rings (SSSR count). The molecular weight excluding hydrogens is 280 g/mol. The summed E-state index contributed by atoms with van der Waals surface area (Å²) in [5.41, 5.74) is 0.318. The van der Waals surface area contributed by atoms with Gasteiger partial charge in [0, 0.05) is 36.5 Å². The van der Waals surface area contributed by atoms with Gasteiger partial charge in [-0.05, 0) is 23.9 Å². The van der Waals surface area contributed by atoms with E-state index in [2.05, 4.69) is 0 Å². The predicted molar refractivity (Wildman–Crippen MR) is 75.5 cm³/mol. The van der Waals surface area contributed by atoms with E-state index in [1.807, 2.05) is 17.5 Å². The lowest BCUT2D eigenvalue weighted by Gasteiger charge is -2.17. The predicted octanol–water partition coefficient (Wildman–Crippen LogP) is 3.62. The van der Waals surface area contributed by atoms with Gasteiger partial charge in [-0.2, -0.15) is 0 Å². The van der Waals surface area contributed by atoms with Gasteiger partial charge in [0.25, 0.3) is 0 Å². The summed E-state index contributed by atoms with van der Waals surface area (Å²) in [5.74, 6) is -1.29. The molecule has 0 saturated heterocycles. The second-order valence-corrected chi connectivity index (χ2v) is 5.60. The first-order valence-electron chi connectivity index (χ1n) is 6.26. The van der Waals surface area contributed by atoms with Crippen molar-refractivity contribution in [2.75, 3.05) is 7.05 Å². The maximum Gasteiger partial charge on any atom is 0.222 e. The molecule has 0 radical (unpaired) electrons. The van der Waals surface area contributed by atoms with E-state index in [4.69, 9.17) is 0 Å². The highest BCUT2D eigenvalue weighted by Gasteiger charge is 2.12. The first-order valence-corrected chi connectivity index (χ1v) is 7.14. The summed E-state index contributed by atoms with van der Waals surface area (Å²) in [7, 11) is 1.62. The molecule has 20 heavy (non-hydrogen) atoms. The lowest BCUT2D eigenvalue weighted by molar-refractivity contribution is -0.130. The van der Waals surface area contributed by atoms with Crippen LogP contribution in [-0.2, 0) is 17.8 Å². The molecule has 2 aromatic rings. The maximum absolute atomic E-state index is 13.5. The number of nitrogens with zero attached hydrogens (tertiary/aromatic N) is 1. The minimum atomic E-state index is -0.622. The van der Waals surface area contributed by atoms with Gasteiger partial charge in [0.2, 0.25) is 5.91 Å². The van der Waals surface area contributed by atoms with Crippen molar-refractivity contribution in [2.24, 2.45) is 0 Å². The molecule has 0 aliphatic rings. The van der Waals surface area contributed by atoms with Crippen LogP contribution < -0.4 is 0 Å². The van der Waals surface area contributed by atoms with E-state index < -0.39 is 11.6 Å². The molecule has 0 fully saturated rings. The second-order valence-electron chi connectivity index (χ2n) is 4.56. The lowest BCUT2D eigenvalue weighted by Crippen LogP contribution is -2.26. The van der Waals surface area contributed by atoms with Crippen molar-refractivity contribution in [2.45, 2.75) is 19.4 Å². The zero-order valence-electron chi connectivity index (χ0n) is 11.1. The van der Waals surface area contributed by atoms with E-state index >= 15 is 0 Å². The van der Waals surface area contributed by atoms with Gasteiger partial charge in [-0.3, -0.25) is 4.79 Å². The lowest BCUT2D eigenvalue weighted by atomic mass is 10.2. The van der Waals surface area contributed by atoms with Crippen LogP contribution in [-0.4, -0.2) is 17.9 Å². The van der Waals surface area contributed by atoms with Crippen molar-refractivity contribution >= 4 is 17.2 Å². The smallest absolute Gasteiger partial charge is 0.222 e. The van der Waals surface area contributed by atoms with Crippen LogP contribution in [0, 0.1) is 11.6 Å². The third-order valence-corrected chi connectivity index (χ3v) is 3.95. The summed E-state index contributed by atoms with van der Waals surface area (Å²) in [6.07, 6.45) is 1.08. The van der Waals surface area contributed by atoms with E-state index in [1.54, 1.807) is 18.4 Å². The van der Waals surface area contributed by atoms with Crippen molar-refractivity contribution < 1.29 is 13.6 Å². The fourth-order valence-corrected chi connectivity index (χ4v) is 2.58. The number of thiophene rings is 1. The van der Waals surface area contributed by atoms with E-state index in [-0.39, 0.29) is 12.5 Å². The average Bonchev–Trinajstić information content (AvgIpc) is 2.92. The fourth-order valence-electron chi connectivity index (χ4n) is 1.87. The number of hydrogen-bond acceptors (Lipinski definition) is 2. The van der Waals surface area contributed by atoms with Gasteiger partial charge in [0.15, 0.2) is 0 Å². The van der Waals surface area contributed by atoms with Crippen LogP contribution in [0.5, 0.6) is 0 Å². The number of carbonyl (C=O) groups is 1. The third kappa shape index (κ3) is 3.87. The first-order chi connectivity index (χ1) is 9.56. The van der Waals surface area contributed by atoms with Crippen LogP contribution >= 0.6 is 11.3 Å². The van der Waals surface area contributed by atoms with Gasteiger partial charge in [0.05, 0.1) is 0 Å². The SMILES string of the molecule is CN(Cc1ccc(F)cc1F)C(=O)CCc1cccs1. The molecule has 0 aliphatic carbocycles. The highest BCUT2D eigenvalue weighted by atomic mass is 32.1. The standard InChI is InChI=1S/C15H15F2NOS/c1-18(10-11-4-5-12(16)9-14(11)17)15(19)7-6-13-3-2-8-20-13/h2-5,8-9H,6-7,10H2,1H3. The topological polar surface area (TPSA) is 20.3 Å². The van der Waals surface area contributed by atoms with Crippen molar-refractivity contribution in [3.63, 3.8) is 0 Å². The monoisotopic (exact) mass is 295 g/mol. The number of carbonyl (C=O) groups excluding carboxylic acids is 1. The third-order valence-electron chi connectivity index (χ3n) is 3.01. The Morgan fingerprint density at radius 1 is 1.30 bits per heavy atom. The summed E-state index contributed by atoms with van der Waals surface area (Å²) < 4.78 is 26.3. The van der Waals surface area contributed by atoms with Crippen LogP contribution in [0.1, 0.15) is 16.9 Å². The number of rotatable bonds is 5. The molecular formula is C15H15F2NOS. The van der Waals surface area contributed by atoms with E-state index in [0.29, 0.717) is 18.4 Å². The summed E-state index contributed by atoms with van der Waals surface area (Å²) >= 11 is 1.61. The number of benzene rings is 1. The Bertz CT molecular complexity index is 584. The molecule has 1 aromatic heterocycles. The molecule has 0 saturated carbocycles. The Morgan fingerprint density at radius 3 is 2.75 bits per heavy atom. The Balaban J connectivity index is 1.90. The zero-order chi connectivity index (χ0) is 14.5. The summed E-state index contributed by atoms with van der Waals surface area (Å²) in [5, 5.41) is 1.97. The van der Waals surface area contributed by atoms with Crippen LogP contribution in [0.2, 0.25) is 0 Å². The van der Waals surface area contributed by atoms with E-state index in [9.17, 15) is 13.6 Å². The van der Waals surface area contributed by atoms with Crippen molar-refractivity contribution in [3.05, 3.63) is 57.8 Å².